The Kier molecular flexibility index (Phi) is 4.54. The van der Waals surface area contributed by atoms with Crippen LogP contribution in [0.4, 0.5) is 0 Å². The van der Waals surface area contributed by atoms with Gasteiger partial charge in [-0.25, -0.2) is 4.98 Å². The molecule has 26 heavy (non-hydrogen) atoms. The highest BCUT2D eigenvalue weighted by molar-refractivity contribution is 7.15. The minimum atomic E-state index is -0.0640. The van der Waals surface area contributed by atoms with Gasteiger partial charge in [0.05, 0.1) is 12.2 Å². The minimum Gasteiger partial charge on any atom is -0.330 e. The number of rotatable bonds is 4. The van der Waals surface area contributed by atoms with Crippen molar-refractivity contribution in [2.45, 2.75) is 33.4 Å². The molecule has 0 atom stereocenters. The summed E-state index contributed by atoms with van der Waals surface area (Å²) < 4.78 is 4.01. The van der Waals surface area contributed by atoms with Gasteiger partial charge < -0.3 is 9.47 Å². The number of carbonyl (C=O) groups excluding carboxylic acids is 1. The maximum atomic E-state index is 12.6. The maximum absolute atomic E-state index is 12.6. The molecule has 4 rings (SSSR count). The quantitative estimate of drug-likeness (QED) is 0.642. The lowest BCUT2D eigenvalue weighted by atomic mass is 10.1. The zero-order chi connectivity index (χ0) is 18.3. The molecule has 0 aromatic carbocycles. The number of hydrogen-bond acceptors (Lipinski definition) is 5. The monoisotopic (exact) mass is 390 g/mol. The average Bonchev–Trinajstić information content (AvgIpc) is 3.28. The Morgan fingerprint density at radius 3 is 3.04 bits per heavy atom. The molecule has 1 amide bonds. The van der Waals surface area contributed by atoms with E-state index in [9.17, 15) is 4.79 Å². The highest BCUT2D eigenvalue weighted by Gasteiger charge is 2.23. The molecule has 7 nitrogen and oxygen atoms in total. The molecule has 0 saturated heterocycles. The summed E-state index contributed by atoms with van der Waals surface area (Å²) in [5.74, 6) is 2.31. The van der Waals surface area contributed by atoms with Crippen LogP contribution < -0.4 is 0 Å². The van der Waals surface area contributed by atoms with Crippen LogP contribution in [0.25, 0.3) is 11.0 Å². The molecule has 3 aromatic heterocycles. The van der Waals surface area contributed by atoms with Crippen molar-refractivity contribution in [1.29, 1.82) is 0 Å². The summed E-state index contributed by atoms with van der Waals surface area (Å²) in [7, 11) is 0. The second-order valence-corrected chi connectivity index (χ2v) is 7.95. The van der Waals surface area contributed by atoms with Gasteiger partial charge in [-0.05, 0) is 12.0 Å². The Balaban J connectivity index is 1.49. The van der Waals surface area contributed by atoms with E-state index in [1.807, 2.05) is 16.0 Å². The second-order valence-electron chi connectivity index (χ2n) is 6.72. The number of carbonyl (C=O) groups is 1. The van der Waals surface area contributed by atoms with E-state index in [1.165, 1.54) is 11.3 Å². The van der Waals surface area contributed by atoms with Crippen molar-refractivity contribution in [3.8, 4) is 0 Å². The van der Waals surface area contributed by atoms with Crippen molar-refractivity contribution in [2.75, 3.05) is 6.54 Å². The molecule has 0 fully saturated rings. The van der Waals surface area contributed by atoms with Gasteiger partial charge >= 0.3 is 0 Å². The smallest absolute Gasteiger partial charge is 0.247 e. The van der Waals surface area contributed by atoms with Gasteiger partial charge in [-0.2, -0.15) is 0 Å². The van der Waals surface area contributed by atoms with E-state index in [-0.39, 0.29) is 5.91 Å². The molecule has 0 unspecified atom stereocenters. The minimum absolute atomic E-state index is 0.0640. The third-order valence-corrected chi connectivity index (χ3v) is 5.40. The topological polar surface area (TPSA) is 68.3 Å². The Morgan fingerprint density at radius 1 is 1.38 bits per heavy atom. The van der Waals surface area contributed by atoms with Crippen LogP contribution in [0.1, 0.15) is 31.2 Å². The summed E-state index contributed by atoms with van der Waals surface area (Å²) in [4.78, 5) is 19.4. The number of halogens is 1. The zero-order valence-corrected chi connectivity index (χ0v) is 16.2. The van der Waals surface area contributed by atoms with Gasteiger partial charge in [-0.1, -0.05) is 25.4 Å². The molecule has 4 heterocycles. The number of amides is 1. The van der Waals surface area contributed by atoms with Crippen LogP contribution in [0.15, 0.2) is 17.7 Å². The summed E-state index contributed by atoms with van der Waals surface area (Å²) in [6.45, 7) is 6.18. The SMILES string of the molecule is CC(C)Cc1nnc2n1CCN(C(=O)C=Cc1c(Cl)nc3sccn13)C2. The van der Waals surface area contributed by atoms with Crippen LogP contribution in [0.2, 0.25) is 5.15 Å². The maximum Gasteiger partial charge on any atom is 0.247 e. The lowest BCUT2D eigenvalue weighted by Gasteiger charge is -2.27. The molecular formula is C17H19ClN6OS. The fourth-order valence-corrected chi connectivity index (χ4v) is 4.11. The molecule has 0 radical (unpaired) electrons. The van der Waals surface area contributed by atoms with E-state index in [0.29, 0.717) is 24.2 Å². The Bertz CT molecular complexity index is 985. The number of hydrogen-bond donors (Lipinski definition) is 0. The molecule has 3 aromatic rings. The number of fused-ring (bicyclic) bond motifs is 2. The van der Waals surface area contributed by atoms with Gasteiger partial charge in [0.1, 0.15) is 5.82 Å². The molecule has 136 valence electrons. The van der Waals surface area contributed by atoms with Gasteiger partial charge in [0.15, 0.2) is 15.9 Å². The molecule has 0 N–H and O–H groups in total. The summed E-state index contributed by atoms with van der Waals surface area (Å²) in [6.07, 6.45) is 6.06. The largest absolute Gasteiger partial charge is 0.330 e. The van der Waals surface area contributed by atoms with Crippen LogP contribution >= 0.6 is 22.9 Å². The summed E-state index contributed by atoms with van der Waals surface area (Å²) >= 11 is 7.67. The van der Waals surface area contributed by atoms with Crippen molar-refractivity contribution in [3.63, 3.8) is 0 Å². The first-order valence-corrected chi connectivity index (χ1v) is 9.77. The molecule has 0 aliphatic carbocycles. The van der Waals surface area contributed by atoms with Crippen LogP contribution in [-0.4, -0.2) is 41.5 Å². The summed E-state index contributed by atoms with van der Waals surface area (Å²) in [5.41, 5.74) is 0.718. The van der Waals surface area contributed by atoms with Crippen LogP contribution in [0.5, 0.6) is 0 Å². The van der Waals surface area contributed by atoms with Crippen LogP contribution in [-0.2, 0) is 24.3 Å². The standard InChI is InChI=1S/C17H19ClN6OS/c1-11(2)9-13-20-21-14-10-22(5-6-24(13)14)15(25)4-3-12-16(18)19-17-23(12)7-8-26-17/h3-4,7-8,11H,5-6,9-10H2,1-2H3. The molecule has 0 bridgehead atoms. The molecule has 9 heteroatoms. The van der Waals surface area contributed by atoms with Gasteiger partial charge in [-0.3, -0.25) is 9.20 Å². The summed E-state index contributed by atoms with van der Waals surface area (Å²) in [5, 5.41) is 10.9. The first-order valence-electron chi connectivity index (χ1n) is 8.52. The van der Waals surface area contributed by atoms with E-state index in [0.717, 1.165) is 35.3 Å². The Morgan fingerprint density at radius 2 is 2.23 bits per heavy atom. The summed E-state index contributed by atoms with van der Waals surface area (Å²) in [6, 6.07) is 0. The van der Waals surface area contributed by atoms with Crippen LogP contribution in [0.3, 0.4) is 0 Å². The van der Waals surface area contributed by atoms with Gasteiger partial charge in [-0.15, -0.1) is 21.5 Å². The van der Waals surface area contributed by atoms with E-state index < -0.39 is 0 Å². The van der Waals surface area contributed by atoms with Crippen molar-refractivity contribution in [1.82, 2.24) is 29.0 Å². The molecular weight excluding hydrogens is 372 g/mol. The van der Waals surface area contributed by atoms with Gasteiger partial charge in [0, 0.05) is 37.2 Å². The number of imidazole rings is 1. The number of thiazole rings is 1. The van der Waals surface area contributed by atoms with E-state index in [1.54, 1.807) is 17.1 Å². The third kappa shape index (κ3) is 3.14. The second kappa shape index (κ2) is 6.85. The molecule has 0 saturated carbocycles. The number of nitrogens with zero attached hydrogens (tertiary/aromatic N) is 6. The van der Waals surface area contributed by atoms with Crippen LogP contribution in [0, 0.1) is 5.92 Å². The fourth-order valence-electron chi connectivity index (χ4n) is 3.10. The van der Waals surface area contributed by atoms with Crippen molar-refractivity contribution in [3.05, 3.63) is 40.1 Å². The average molecular weight is 391 g/mol. The highest BCUT2D eigenvalue weighted by atomic mass is 35.5. The molecule has 0 spiro atoms. The Hall–Kier alpha value is -2.19. The fraction of sp³-hybridized carbons (Fsp3) is 0.412. The van der Waals surface area contributed by atoms with E-state index in [4.69, 9.17) is 11.6 Å². The van der Waals surface area contributed by atoms with Crippen molar-refractivity contribution >= 4 is 39.9 Å². The molecule has 1 aliphatic heterocycles. The lowest BCUT2D eigenvalue weighted by Crippen LogP contribution is -2.38. The van der Waals surface area contributed by atoms with E-state index in [2.05, 4.69) is 33.6 Å². The lowest BCUT2D eigenvalue weighted by molar-refractivity contribution is -0.127. The predicted molar refractivity (Wildman–Crippen MR) is 101 cm³/mol. The van der Waals surface area contributed by atoms with Crippen molar-refractivity contribution < 1.29 is 4.79 Å². The van der Waals surface area contributed by atoms with Gasteiger partial charge in [0.2, 0.25) is 5.91 Å². The normalized spacial score (nSPS) is 14.7. The Labute approximate surface area is 159 Å². The third-order valence-electron chi connectivity index (χ3n) is 4.37. The van der Waals surface area contributed by atoms with Gasteiger partial charge in [0.25, 0.3) is 0 Å². The highest BCUT2D eigenvalue weighted by Crippen LogP contribution is 2.22. The number of aromatic nitrogens is 5. The first-order chi connectivity index (χ1) is 12.5. The zero-order valence-electron chi connectivity index (χ0n) is 14.6. The molecule has 1 aliphatic rings. The first kappa shape index (κ1) is 17.2. The van der Waals surface area contributed by atoms with E-state index >= 15 is 0 Å². The predicted octanol–water partition coefficient (Wildman–Crippen LogP) is 2.89. The van der Waals surface area contributed by atoms with Crippen molar-refractivity contribution in [2.24, 2.45) is 5.92 Å².